The van der Waals surface area contributed by atoms with Crippen molar-refractivity contribution >= 4 is 11.7 Å². The molecule has 0 heterocycles. The Morgan fingerprint density at radius 1 is 1.14 bits per heavy atom. The van der Waals surface area contributed by atoms with Crippen LogP contribution in [-0.4, -0.2) is 24.3 Å². The fraction of sp³-hybridized carbons (Fsp3) is 0.529. The molecule has 1 aromatic rings. The highest BCUT2D eigenvalue weighted by Gasteiger charge is 2.37. The van der Waals surface area contributed by atoms with Crippen molar-refractivity contribution in [3.05, 3.63) is 29.8 Å². The monoisotopic (exact) mass is 289 g/mol. The Balaban J connectivity index is 2.00. The van der Waals surface area contributed by atoms with Crippen LogP contribution < -0.4 is 10.1 Å². The lowest BCUT2D eigenvalue weighted by atomic mass is 9.79. The molecule has 0 radical (unpaired) electrons. The molecule has 0 aromatic heterocycles. The van der Waals surface area contributed by atoms with Gasteiger partial charge in [-0.05, 0) is 37.5 Å². The summed E-state index contributed by atoms with van der Waals surface area (Å²) in [6.07, 6.45) is 4.96. The SMILES string of the molecule is COc1ccc(CC(=O)NC2(C(C)=O)CCCCC2)cc1. The first-order chi connectivity index (χ1) is 10.1. The number of hydrogen-bond acceptors (Lipinski definition) is 3. The van der Waals surface area contributed by atoms with Crippen molar-refractivity contribution in [1.29, 1.82) is 0 Å². The number of benzene rings is 1. The van der Waals surface area contributed by atoms with Crippen LogP contribution in [0.4, 0.5) is 0 Å². The molecule has 0 saturated heterocycles. The quantitative estimate of drug-likeness (QED) is 0.906. The summed E-state index contributed by atoms with van der Waals surface area (Å²) in [5.41, 5.74) is 0.282. The Hall–Kier alpha value is -1.84. The van der Waals surface area contributed by atoms with Crippen LogP contribution >= 0.6 is 0 Å². The zero-order valence-electron chi connectivity index (χ0n) is 12.8. The standard InChI is InChI=1S/C17H23NO3/c1-13(19)17(10-4-3-5-11-17)18-16(20)12-14-6-8-15(21-2)9-7-14/h6-9H,3-5,10-12H2,1-2H3,(H,18,20). The first kappa shape index (κ1) is 15.5. The second-order valence-electron chi connectivity index (χ2n) is 5.77. The van der Waals surface area contributed by atoms with Crippen molar-refractivity contribution in [2.75, 3.05) is 7.11 Å². The van der Waals surface area contributed by atoms with Crippen molar-refractivity contribution in [3.63, 3.8) is 0 Å². The molecule has 1 aliphatic rings. The van der Waals surface area contributed by atoms with Gasteiger partial charge in [0.15, 0.2) is 5.78 Å². The molecule has 0 atom stereocenters. The van der Waals surface area contributed by atoms with Crippen molar-refractivity contribution in [2.24, 2.45) is 0 Å². The van der Waals surface area contributed by atoms with Gasteiger partial charge in [-0.3, -0.25) is 9.59 Å². The van der Waals surface area contributed by atoms with E-state index in [0.717, 1.165) is 43.4 Å². The van der Waals surface area contributed by atoms with Gasteiger partial charge in [0.05, 0.1) is 19.1 Å². The predicted molar refractivity (Wildman–Crippen MR) is 81.3 cm³/mol. The molecule has 1 aromatic carbocycles. The minimum absolute atomic E-state index is 0.0743. The number of ketones is 1. The molecule has 4 heteroatoms. The first-order valence-corrected chi connectivity index (χ1v) is 7.51. The van der Waals surface area contributed by atoms with Gasteiger partial charge >= 0.3 is 0 Å². The van der Waals surface area contributed by atoms with Crippen LogP contribution in [0.3, 0.4) is 0 Å². The lowest BCUT2D eigenvalue weighted by Gasteiger charge is -2.35. The molecule has 1 saturated carbocycles. The molecule has 0 unspecified atom stereocenters. The van der Waals surface area contributed by atoms with Crippen molar-refractivity contribution < 1.29 is 14.3 Å². The van der Waals surface area contributed by atoms with Crippen LogP contribution in [-0.2, 0) is 16.0 Å². The lowest BCUT2D eigenvalue weighted by Crippen LogP contribution is -2.55. The molecule has 4 nitrogen and oxygen atoms in total. The second-order valence-corrected chi connectivity index (χ2v) is 5.77. The van der Waals surface area contributed by atoms with Gasteiger partial charge in [-0.15, -0.1) is 0 Å². The van der Waals surface area contributed by atoms with Crippen LogP contribution in [0.2, 0.25) is 0 Å². The summed E-state index contributed by atoms with van der Waals surface area (Å²) in [5, 5.41) is 2.99. The van der Waals surface area contributed by atoms with E-state index in [4.69, 9.17) is 4.74 Å². The van der Waals surface area contributed by atoms with Crippen LogP contribution in [0.5, 0.6) is 5.75 Å². The third-order valence-electron chi connectivity index (χ3n) is 4.28. The Morgan fingerprint density at radius 3 is 2.29 bits per heavy atom. The van der Waals surface area contributed by atoms with Gasteiger partial charge < -0.3 is 10.1 Å². The van der Waals surface area contributed by atoms with E-state index in [9.17, 15) is 9.59 Å². The van der Waals surface area contributed by atoms with E-state index < -0.39 is 5.54 Å². The highest BCUT2D eigenvalue weighted by Crippen LogP contribution is 2.29. The van der Waals surface area contributed by atoms with Crippen LogP contribution in [0.25, 0.3) is 0 Å². The van der Waals surface area contributed by atoms with E-state index in [1.807, 2.05) is 24.3 Å². The van der Waals surface area contributed by atoms with Crippen molar-refractivity contribution in [2.45, 2.75) is 51.0 Å². The summed E-state index contributed by atoms with van der Waals surface area (Å²) < 4.78 is 5.10. The molecule has 2 rings (SSSR count). The van der Waals surface area contributed by atoms with E-state index >= 15 is 0 Å². The highest BCUT2D eigenvalue weighted by atomic mass is 16.5. The van der Waals surface area contributed by atoms with Crippen LogP contribution in [0.1, 0.15) is 44.6 Å². The summed E-state index contributed by atoms with van der Waals surface area (Å²) in [5.74, 6) is 0.759. The minimum Gasteiger partial charge on any atom is -0.497 e. The third-order valence-corrected chi connectivity index (χ3v) is 4.28. The normalized spacial score (nSPS) is 17.0. The number of carbonyl (C=O) groups excluding carboxylic acids is 2. The van der Waals surface area contributed by atoms with Crippen LogP contribution in [0, 0.1) is 0 Å². The number of ether oxygens (including phenoxy) is 1. The van der Waals surface area contributed by atoms with Crippen LogP contribution in [0.15, 0.2) is 24.3 Å². The largest absolute Gasteiger partial charge is 0.497 e. The topological polar surface area (TPSA) is 55.4 Å². The van der Waals surface area contributed by atoms with E-state index in [2.05, 4.69) is 5.32 Å². The zero-order chi connectivity index (χ0) is 15.3. The summed E-state index contributed by atoms with van der Waals surface area (Å²) in [6, 6.07) is 7.42. The molecule has 21 heavy (non-hydrogen) atoms. The first-order valence-electron chi connectivity index (χ1n) is 7.51. The number of carbonyl (C=O) groups is 2. The van der Waals surface area contributed by atoms with Gasteiger partial charge in [0.25, 0.3) is 0 Å². The van der Waals surface area contributed by atoms with Crippen molar-refractivity contribution in [1.82, 2.24) is 5.32 Å². The van der Waals surface area contributed by atoms with E-state index in [-0.39, 0.29) is 11.7 Å². The molecule has 1 amide bonds. The fourth-order valence-corrected chi connectivity index (χ4v) is 2.96. The van der Waals surface area contributed by atoms with Crippen molar-refractivity contribution in [3.8, 4) is 5.75 Å². The lowest BCUT2D eigenvalue weighted by molar-refractivity contribution is -0.132. The van der Waals surface area contributed by atoms with E-state index in [0.29, 0.717) is 6.42 Å². The molecule has 114 valence electrons. The zero-order valence-corrected chi connectivity index (χ0v) is 12.8. The van der Waals surface area contributed by atoms with Gasteiger partial charge in [-0.25, -0.2) is 0 Å². The Bertz CT molecular complexity index is 501. The second kappa shape index (κ2) is 6.74. The number of amides is 1. The molecule has 1 aliphatic carbocycles. The molecule has 0 bridgehead atoms. The van der Waals surface area contributed by atoms with Gasteiger partial charge in [-0.1, -0.05) is 31.4 Å². The highest BCUT2D eigenvalue weighted by molar-refractivity contribution is 5.92. The Kier molecular flexibility index (Phi) is 4.99. The molecule has 0 spiro atoms. The maximum absolute atomic E-state index is 12.3. The molecular weight excluding hydrogens is 266 g/mol. The molecular formula is C17H23NO3. The minimum atomic E-state index is -0.637. The maximum Gasteiger partial charge on any atom is 0.225 e. The smallest absolute Gasteiger partial charge is 0.225 e. The number of nitrogens with one attached hydrogen (secondary N) is 1. The Morgan fingerprint density at radius 2 is 1.76 bits per heavy atom. The fourth-order valence-electron chi connectivity index (χ4n) is 2.96. The maximum atomic E-state index is 12.3. The summed E-state index contributed by atoms with van der Waals surface area (Å²) in [4.78, 5) is 24.2. The van der Waals surface area contributed by atoms with Gasteiger partial charge in [0.2, 0.25) is 5.91 Å². The summed E-state index contributed by atoms with van der Waals surface area (Å²) in [7, 11) is 1.61. The average Bonchev–Trinajstić information content (AvgIpc) is 2.48. The van der Waals surface area contributed by atoms with E-state index in [1.54, 1.807) is 14.0 Å². The summed E-state index contributed by atoms with van der Waals surface area (Å²) >= 11 is 0. The van der Waals surface area contributed by atoms with Gasteiger partial charge in [-0.2, -0.15) is 0 Å². The number of rotatable bonds is 5. The predicted octanol–water partition coefficient (Wildman–Crippen LogP) is 2.65. The Labute approximate surface area is 125 Å². The third kappa shape index (κ3) is 3.84. The molecule has 0 aliphatic heterocycles. The number of hydrogen-bond donors (Lipinski definition) is 1. The average molecular weight is 289 g/mol. The molecule has 1 fully saturated rings. The summed E-state index contributed by atoms with van der Waals surface area (Å²) in [6.45, 7) is 1.58. The number of Topliss-reactive ketones (excluding diaryl/α,β-unsaturated/α-hetero) is 1. The van der Waals surface area contributed by atoms with Gasteiger partial charge in [0.1, 0.15) is 5.75 Å². The number of methoxy groups -OCH3 is 1. The van der Waals surface area contributed by atoms with E-state index in [1.165, 1.54) is 0 Å². The van der Waals surface area contributed by atoms with Gasteiger partial charge in [0, 0.05) is 0 Å². The molecule has 1 N–H and O–H groups in total.